The van der Waals surface area contributed by atoms with Gasteiger partial charge in [0.2, 0.25) is 5.91 Å². The van der Waals surface area contributed by atoms with Crippen LogP contribution in [0.4, 0.5) is 5.69 Å². The zero-order chi connectivity index (χ0) is 21.0. The lowest BCUT2D eigenvalue weighted by molar-refractivity contribution is -0.120. The molecule has 2 aliphatic heterocycles. The standard InChI is InChI=1S/C23H24N6O2/c30-23(25-20-9-8-18-14-31-15-19(18)11-20)22-12-21(29-16-24-26-27-29)13-28(22)10-4-7-17-5-2-1-3-6-17/h1-9,11,16,21-22H,10,12-15H2,(H,25,30)/t21-,22+/m1/s1. The normalized spacial score (nSPS) is 20.9. The molecule has 1 amide bonds. The van der Waals surface area contributed by atoms with E-state index in [1.165, 1.54) is 5.56 Å². The number of hydrogen-bond donors (Lipinski definition) is 1. The topological polar surface area (TPSA) is 85.2 Å². The first-order chi connectivity index (χ1) is 15.3. The third-order valence-electron chi connectivity index (χ3n) is 5.86. The summed E-state index contributed by atoms with van der Waals surface area (Å²) in [6, 6.07) is 15.9. The van der Waals surface area contributed by atoms with Crippen molar-refractivity contribution in [2.75, 3.05) is 18.4 Å². The highest BCUT2D eigenvalue weighted by Gasteiger charge is 2.37. The van der Waals surface area contributed by atoms with Crippen molar-refractivity contribution in [2.24, 2.45) is 0 Å². The lowest BCUT2D eigenvalue weighted by Crippen LogP contribution is -2.39. The summed E-state index contributed by atoms with van der Waals surface area (Å²) in [5.41, 5.74) is 4.27. The molecule has 2 aromatic carbocycles. The number of aromatic nitrogens is 4. The van der Waals surface area contributed by atoms with Gasteiger partial charge in [0.25, 0.3) is 0 Å². The number of benzene rings is 2. The van der Waals surface area contributed by atoms with Crippen molar-refractivity contribution in [3.05, 3.63) is 77.6 Å². The molecule has 8 nitrogen and oxygen atoms in total. The molecule has 0 bridgehead atoms. The van der Waals surface area contributed by atoms with E-state index in [-0.39, 0.29) is 18.0 Å². The number of ether oxygens (including phenoxy) is 1. The molecule has 0 aliphatic carbocycles. The van der Waals surface area contributed by atoms with Crippen molar-refractivity contribution in [1.82, 2.24) is 25.1 Å². The van der Waals surface area contributed by atoms with Crippen molar-refractivity contribution >= 4 is 17.7 Å². The zero-order valence-electron chi connectivity index (χ0n) is 17.1. The molecule has 0 spiro atoms. The van der Waals surface area contributed by atoms with Crippen LogP contribution < -0.4 is 5.32 Å². The number of tetrazole rings is 1. The number of carbonyl (C=O) groups excluding carboxylic acids is 1. The van der Waals surface area contributed by atoms with Gasteiger partial charge in [-0.3, -0.25) is 9.69 Å². The van der Waals surface area contributed by atoms with Crippen molar-refractivity contribution in [3.8, 4) is 0 Å². The molecule has 3 heterocycles. The molecule has 31 heavy (non-hydrogen) atoms. The van der Waals surface area contributed by atoms with Crippen LogP contribution in [0.15, 0.2) is 60.9 Å². The molecule has 0 radical (unpaired) electrons. The number of hydrogen-bond acceptors (Lipinski definition) is 6. The molecule has 3 aromatic rings. The Morgan fingerprint density at radius 3 is 2.87 bits per heavy atom. The van der Waals surface area contributed by atoms with Crippen LogP contribution in [-0.4, -0.2) is 50.1 Å². The molecule has 158 valence electrons. The minimum atomic E-state index is -0.265. The van der Waals surface area contributed by atoms with E-state index in [0.29, 0.717) is 32.7 Å². The maximum atomic E-state index is 13.2. The van der Waals surface area contributed by atoms with E-state index in [1.54, 1.807) is 11.0 Å². The van der Waals surface area contributed by atoms with Crippen LogP contribution in [0, 0.1) is 0 Å². The molecule has 0 saturated carbocycles. The number of nitrogens with zero attached hydrogens (tertiary/aromatic N) is 5. The molecule has 0 unspecified atom stereocenters. The second-order valence-electron chi connectivity index (χ2n) is 7.93. The quantitative estimate of drug-likeness (QED) is 0.665. The Morgan fingerprint density at radius 2 is 2.03 bits per heavy atom. The van der Waals surface area contributed by atoms with Crippen molar-refractivity contribution < 1.29 is 9.53 Å². The fraction of sp³-hybridized carbons (Fsp3) is 0.304. The molecule has 8 heteroatoms. The molecule has 2 aliphatic rings. The Bertz CT molecular complexity index is 1070. The monoisotopic (exact) mass is 416 g/mol. The van der Waals surface area contributed by atoms with Crippen LogP contribution in [0.5, 0.6) is 0 Å². The highest BCUT2D eigenvalue weighted by Crippen LogP contribution is 2.28. The van der Waals surface area contributed by atoms with Crippen molar-refractivity contribution in [1.29, 1.82) is 0 Å². The maximum Gasteiger partial charge on any atom is 0.241 e. The van der Waals surface area contributed by atoms with E-state index in [1.807, 2.05) is 36.4 Å². The molecular weight excluding hydrogens is 392 g/mol. The van der Waals surface area contributed by atoms with Crippen LogP contribution in [0.1, 0.15) is 29.2 Å². The summed E-state index contributed by atoms with van der Waals surface area (Å²) in [4.78, 5) is 15.4. The van der Waals surface area contributed by atoms with Gasteiger partial charge in [-0.1, -0.05) is 48.6 Å². The second kappa shape index (κ2) is 8.79. The van der Waals surface area contributed by atoms with E-state index in [2.05, 4.69) is 50.0 Å². The van der Waals surface area contributed by atoms with Crippen molar-refractivity contribution in [3.63, 3.8) is 0 Å². The number of rotatable bonds is 6. The largest absolute Gasteiger partial charge is 0.372 e. The summed E-state index contributed by atoms with van der Waals surface area (Å²) < 4.78 is 7.22. The zero-order valence-corrected chi connectivity index (χ0v) is 17.1. The van der Waals surface area contributed by atoms with Crippen LogP contribution in [0.2, 0.25) is 0 Å². The average molecular weight is 416 g/mol. The number of amides is 1. The molecule has 1 saturated heterocycles. The summed E-state index contributed by atoms with van der Waals surface area (Å²) in [5.74, 6) is -0.0115. The SMILES string of the molecule is O=C(Nc1ccc2c(c1)COC2)[C@@H]1C[C@@H](n2cnnn2)CN1CC=Cc1ccccc1. The van der Waals surface area contributed by atoms with Gasteiger partial charge in [0.1, 0.15) is 6.33 Å². The van der Waals surface area contributed by atoms with Crippen LogP contribution in [-0.2, 0) is 22.7 Å². The number of anilines is 1. The molecule has 1 N–H and O–H groups in total. The molecule has 1 fully saturated rings. The van der Waals surface area contributed by atoms with Crippen LogP contribution in [0.25, 0.3) is 6.08 Å². The van der Waals surface area contributed by atoms with Crippen molar-refractivity contribution in [2.45, 2.75) is 31.7 Å². The highest BCUT2D eigenvalue weighted by molar-refractivity contribution is 5.95. The lowest BCUT2D eigenvalue weighted by Gasteiger charge is -2.22. The fourth-order valence-electron chi connectivity index (χ4n) is 4.24. The first-order valence-corrected chi connectivity index (χ1v) is 10.4. The van der Waals surface area contributed by atoms with E-state index in [4.69, 9.17) is 4.74 Å². The smallest absolute Gasteiger partial charge is 0.241 e. The van der Waals surface area contributed by atoms with E-state index in [0.717, 1.165) is 16.8 Å². The summed E-state index contributed by atoms with van der Waals surface area (Å²) in [7, 11) is 0. The number of likely N-dealkylation sites (tertiary alicyclic amines) is 1. The Hall–Kier alpha value is -3.36. The van der Waals surface area contributed by atoms with Gasteiger partial charge >= 0.3 is 0 Å². The Labute approximate surface area is 180 Å². The van der Waals surface area contributed by atoms with E-state index >= 15 is 0 Å². The van der Waals surface area contributed by atoms with Crippen LogP contribution in [0.3, 0.4) is 0 Å². The first-order valence-electron chi connectivity index (χ1n) is 10.4. The van der Waals surface area contributed by atoms with Gasteiger partial charge in [-0.2, -0.15) is 0 Å². The van der Waals surface area contributed by atoms with Gasteiger partial charge in [0, 0.05) is 18.8 Å². The average Bonchev–Trinajstić information content (AvgIpc) is 3.54. The van der Waals surface area contributed by atoms with E-state index < -0.39 is 0 Å². The number of fused-ring (bicyclic) bond motifs is 1. The van der Waals surface area contributed by atoms with Gasteiger partial charge < -0.3 is 10.1 Å². The molecular formula is C23H24N6O2. The molecule has 1 aromatic heterocycles. The number of nitrogens with one attached hydrogen (secondary N) is 1. The highest BCUT2D eigenvalue weighted by atomic mass is 16.5. The van der Waals surface area contributed by atoms with Gasteiger partial charge in [-0.05, 0) is 45.7 Å². The first kappa shape index (κ1) is 19.6. The Morgan fingerprint density at radius 1 is 1.16 bits per heavy atom. The van der Waals surface area contributed by atoms with Gasteiger partial charge in [0.15, 0.2) is 0 Å². The van der Waals surface area contributed by atoms with Gasteiger partial charge in [-0.15, -0.1) is 5.10 Å². The minimum absolute atomic E-state index is 0.0115. The summed E-state index contributed by atoms with van der Waals surface area (Å²) >= 11 is 0. The minimum Gasteiger partial charge on any atom is -0.372 e. The predicted molar refractivity (Wildman–Crippen MR) is 116 cm³/mol. The summed E-state index contributed by atoms with van der Waals surface area (Å²) in [6.07, 6.45) is 6.46. The summed E-state index contributed by atoms with van der Waals surface area (Å²) in [6.45, 7) is 2.62. The fourth-order valence-corrected chi connectivity index (χ4v) is 4.24. The lowest BCUT2D eigenvalue weighted by atomic mass is 10.1. The second-order valence-corrected chi connectivity index (χ2v) is 7.93. The molecule has 2 atom stereocenters. The number of carbonyl (C=O) groups is 1. The molecule has 5 rings (SSSR count). The third-order valence-corrected chi connectivity index (χ3v) is 5.86. The predicted octanol–water partition coefficient (Wildman–Crippen LogP) is 2.67. The van der Waals surface area contributed by atoms with Gasteiger partial charge in [0.05, 0.1) is 25.3 Å². The third kappa shape index (κ3) is 4.40. The maximum absolute atomic E-state index is 13.2. The van der Waals surface area contributed by atoms with Gasteiger partial charge in [-0.25, -0.2) is 4.68 Å². The van der Waals surface area contributed by atoms with Crippen LogP contribution >= 0.6 is 0 Å². The Kier molecular flexibility index (Phi) is 5.56. The summed E-state index contributed by atoms with van der Waals surface area (Å²) in [5, 5.41) is 14.6. The Balaban J connectivity index is 1.30. The van der Waals surface area contributed by atoms with E-state index in [9.17, 15) is 4.79 Å².